The van der Waals surface area contributed by atoms with E-state index in [4.69, 9.17) is 9.47 Å². The van der Waals surface area contributed by atoms with Gasteiger partial charge in [-0.25, -0.2) is 0 Å². The topological polar surface area (TPSA) is 52.6 Å². The Morgan fingerprint density at radius 2 is 1.45 bits per heavy atom. The molecule has 1 rings (SSSR count). The minimum Gasteiger partial charge on any atom is -0.469 e. The minimum atomic E-state index is -0.154. The van der Waals surface area contributed by atoms with Crippen LogP contribution in [0.5, 0.6) is 5.75 Å². The summed E-state index contributed by atoms with van der Waals surface area (Å²) in [7, 11) is 1.47. The van der Waals surface area contributed by atoms with Crippen molar-refractivity contribution in [2.75, 3.05) is 7.11 Å². The van der Waals surface area contributed by atoms with Gasteiger partial charge in [0.2, 0.25) is 0 Å². The Balaban J connectivity index is 2.63. The molecule has 0 N–H and O–H groups in total. The van der Waals surface area contributed by atoms with Crippen molar-refractivity contribution in [3.8, 4) is 5.75 Å². The molecule has 4 nitrogen and oxygen atoms in total. The molecule has 0 aliphatic rings. The molecule has 0 saturated heterocycles. The zero-order chi connectivity index (χ0) is 22.0. The number of rotatable bonds is 12. The van der Waals surface area contributed by atoms with Gasteiger partial charge in [0.15, 0.2) is 0 Å². The second kappa shape index (κ2) is 12.7. The van der Waals surface area contributed by atoms with Crippen LogP contribution >= 0.6 is 0 Å². The van der Waals surface area contributed by atoms with Crippen LogP contribution in [0.1, 0.15) is 67.2 Å². The van der Waals surface area contributed by atoms with Crippen LogP contribution in [0.25, 0.3) is 0 Å². The van der Waals surface area contributed by atoms with Gasteiger partial charge in [0.25, 0.3) is 0 Å². The average Bonchev–Trinajstić information content (AvgIpc) is 2.68. The van der Waals surface area contributed by atoms with E-state index < -0.39 is 0 Å². The first-order valence-electron chi connectivity index (χ1n) is 11.0. The molecular formula is C25H40O4. The van der Waals surface area contributed by atoms with Crippen molar-refractivity contribution in [2.24, 2.45) is 35.5 Å². The molecule has 0 amide bonds. The molecule has 4 unspecified atom stereocenters. The van der Waals surface area contributed by atoms with E-state index in [9.17, 15) is 9.59 Å². The summed E-state index contributed by atoms with van der Waals surface area (Å²) >= 11 is 0. The molecule has 0 bridgehead atoms. The van der Waals surface area contributed by atoms with E-state index in [1.165, 1.54) is 7.11 Å². The van der Waals surface area contributed by atoms with Gasteiger partial charge in [-0.2, -0.15) is 0 Å². The van der Waals surface area contributed by atoms with Crippen LogP contribution in [-0.4, -0.2) is 19.0 Å². The quantitative estimate of drug-likeness (QED) is 0.310. The van der Waals surface area contributed by atoms with Gasteiger partial charge in [0.05, 0.1) is 18.9 Å². The smallest absolute Gasteiger partial charge is 0.314 e. The van der Waals surface area contributed by atoms with Gasteiger partial charge in [0.1, 0.15) is 5.75 Å². The zero-order valence-electron chi connectivity index (χ0n) is 19.3. The number of hydrogen-bond acceptors (Lipinski definition) is 4. The lowest BCUT2D eigenvalue weighted by Crippen LogP contribution is -2.28. The average molecular weight is 405 g/mol. The molecule has 0 heterocycles. The van der Waals surface area contributed by atoms with Crippen LogP contribution in [-0.2, 0) is 14.3 Å². The lowest BCUT2D eigenvalue weighted by molar-refractivity contribution is -0.148. The molecule has 0 spiro atoms. The highest BCUT2D eigenvalue weighted by Gasteiger charge is 2.29. The summed E-state index contributed by atoms with van der Waals surface area (Å²) in [5.41, 5.74) is 0. The molecule has 29 heavy (non-hydrogen) atoms. The van der Waals surface area contributed by atoms with Crippen LogP contribution < -0.4 is 4.74 Å². The molecule has 0 aliphatic carbocycles. The van der Waals surface area contributed by atoms with E-state index >= 15 is 0 Å². The fourth-order valence-corrected chi connectivity index (χ4v) is 3.84. The van der Waals surface area contributed by atoms with Gasteiger partial charge in [-0.3, -0.25) is 9.59 Å². The Bertz CT molecular complexity index is 609. The molecule has 1 aromatic rings. The highest BCUT2D eigenvalue weighted by Crippen LogP contribution is 2.30. The predicted octanol–water partition coefficient (Wildman–Crippen LogP) is 6.14. The summed E-state index contributed by atoms with van der Waals surface area (Å²) < 4.78 is 10.6. The first-order chi connectivity index (χ1) is 13.6. The highest BCUT2D eigenvalue weighted by atomic mass is 16.5. The fraction of sp³-hybridized carbons (Fsp3) is 0.680. The first-order valence-corrected chi connectivity index (χ1v) is 11.0. The van der Waals surface area contributed by atoms with Crippen molar-refractivity contribution in [2.45, 2.75) is 67.2 Å². The molecule has 0 radical (unpaired) electrons. The Labute approximate surface area is 177 Å². The maximum absolute atomic E-state index is 12.7. The van der Waals surface area contributed by atoms with Crippen molar-refractivity contribution >= 4 is 11.9 Å². The van der Waals surface area contributed by atoms with E-state index in [-0.39, 0.29) is 35.6 Å². The third kappa shape index (κ3) is 9.01. The number of para-hydroxylation sites is 1. The lowest BCUT2D eigenvalue weighted by atomic mass is 9.80. The maximum atomic E-state index is 12.7. The van der Waals surface area contributed by atoms with Gasteiger partial charge in [-0.05, 0) is 55.1 Å². The number of methoxy groups -OCH3 is 1. The fourth-order valence-electron chi connectivity index (χ4n) is 3.84. The predicted molar refractivity (Wildman–Crippen MR) is 118 cm³/mol. The summed E-state index contributed by atoms with van der Waals surface area (Å²) in [6.07, 6.45) is 3.57. The molecule has 0 aromatic heterocycles. The second-order valence-electron chi connectivity index (χ2n) is 9.24. The molecular weight excluding hydrogens is 364 g/mol. The standard InChI is InChI=1S/C25H40O4/c1-17(2)15-23(24(26)28-7)20(6)14-13-19(5)16-22(18(3)4)25(27)29-21-11-9-8-10-12-21/h8-12,17-20,22-23H,13-16H2,1-7H3. The number of hydrogen-bond donors (Lipinski definition) is 0. The SMILES string of the molecule is COC(=O)C(CC(C)C)C(C)CCC(C)CC(C(=O)Oc1ccccc1)C(C)C. The number of ether oxygens (including phenoxy) is 2. The molecule has 0 aliphatic heterocycles. The third-order valence-electron chi connectivity index (χ3n) is 5.76. The zero-order valence-corrected chi connectivity index (χ0v) is 19.3. The monoisotopic (exact) mass is 404 g/mol. The third-order valence-corrected chi connectivity index (χ3v) is 5.76. The second-order valence-corrected chi connectivity index (χ2v) is 9.24. The summed E-state index contributed by atoms with van der Waals surface area (Å²) in [6, 6.07) is 9.25. The molecule has 4 atom stereocenters. The van der Waals surface area contributed by atoms with Crippen LogP contribution in [0.15, 0.2) is 30.3 Å². The molecule has 1 aromatic carbocycles. The van der Waals surface area contributed by atoms with Crippen LogP contribution in [0.4, 0.5) is 0 Å². The van der Waals surface area contributed by atoms with Crippen molar-refractivity contribution in [3.05, 3.63) is 30.3 Å². The first kappa shape index (κ1) is 25.2. The van der Waals surface area contributed by atoms with E-state index in [2.05, 4.69) is 41.5 Å². The van der Waals surface area contributed by atoms with Crippen LogP contribution in [0, 0.1) is 35.5 Å². The lowest BCUT2D eigenvalue weighted by Gasteiger charge is -2.26. The summed E-state index contributed by atoms with van der Waals surface area (Å²) in [4.78, 5) is 24.9. The number of benzene rings is 1. The van der Waals surface area contributed by atoms with Gasteiger partial charge in [0, 0.05) is 0 Å². The highest BCUT2D eigenvalue weighted by molar-refractivity contribution is 5.75. The Hall–Kier alpha value is -1.84. The van der Waals surface area contributed by atoms with Crippen molar-refractivity contribution in [1.82, 2.24) is 0 Å². The Kier molecular flexibility index (Phi) is 11.0. The molecule has 0 fully saturated rings. The minimum absolute atomic E-state index is 0.0591. The van der Waals surface area contributed by atoms with Crippen LogP contribution in [0.3, 0.4) is 0 Å². The van der Waals surface area contributed by atoms with Crippen molar-refractivity contribution in [3.63, 3.8) is 0 Å². The normalized spacial score (nSPS) is 15.6. The Morgan fingerprint density at radius 1 is 0.828 bits per heavy atom. The van der Waals surface area contributed by atoms with Gasteiger partial charge < -0.3 is 9.47 Å². The van der Waals surface area contributed by atoms with E-state index in [1.54, 1.807) is 0 Å². The number of carbonyl (C=O) groups excluding carboxylic acids is 2. The summed E-state index contributed by atoms with van der Waals surface area (Å²) in [5, 5.41) is 0. The van der Waals surface area contributed by atoms with Gasteiger partial charge in [-0.15, -0.1) is 0 Å². The van der Waals surface area contributed by atoms with E-state index in [0.29, 0.717) is 17.6 Å². The van der Waals surface area contributed by atoms with Crippen LogP contribution in [0.2, 0.25) is 0 Å². The summed E-state index contributed by atoms with van der Waals surface area (Å²) in [6.45, 7) is 12.7. The van der Waals surface area contributed by atoms with Crippen molar-refractivity contribution < 1.29 is 19.1 Å². The largest absolute Gasteiger partial charge is 0.469 e. The van der Waals surface area contributed by atoms with Gasteiger partial charge >= 0.3 is 11.9 Å². The molecule has 0 saturated carbocycles. The molecule has 4 heteroatoms. The maximum Gasteiger partial charge on any atom is 0.314 e. The summed E-state index contributed by atoms with van der Waals surface area (Å²) in [5.74, 6) is 1.46. The van der Waals surface area contributed by atoms with Crippen molar-refractivity contribution in [1.29, 1.82) is 0 Å². The van der Waals surface area contributed by atoms with E-state index in [1.807, 2.05) is 30.3 Å². The van der Waals surface area contributed by atoms with E-state index in [0.717, 1.165) is 25.7 Å². The van der Waals surface area contributed by atoms with Gasteiger partial charge in [-0.1, -0.05) is 66.2 Å². The number of carbonyl (C=O) groups is 2. The Morgan fingerprint density at radius 3 is 1.97 bits per heavy atom. The molecule has 164 valence electrons. The number of esters is 2.